The lowest BCUT2D eigenvalue weighted by molar-refractivity contribution is 0.0706. The van der Waals surface area contributed by atoms with Crippen LogP contribution in [-0.4, -0.2) is 16.6 Å². The van der Waals surface area contributed by atoms with Crippen molar-refractivity contribution in [2.45, 2.75) is 26.3 Å². The molecule has 0 radical (unpaired) electrons. The lowest BCUT2D eigenvalue weighted by Crippen LogP contribution is -2.27. The summed E-state index contributed by atoms with van der Waals surface area (Å²) in [5, 5.41) is 6.05. The van der Waals surface area contributed by atoms with Crippen molar-refractivity contribution >= 4 is 11.6 Å². The first-order valence-corrected chi connectivity index (χ1v) is 9.32. The van der Waals surface area contributed by atoms with Gasteiger partial charge in [-0.1, -0.05) is 71.8 Å². The number of halogens is 1. The summed E-state index contributed by atoms with van der Waals surface area (Å²) in [4.78, 5) is 13.1. The van der Waals surface area contributed by atoms with Crippen LogP contribution >= 0.6 is 0 Å². The molecule has 140 valence electrons. The van der Waals surface area contributed by atoms with Gasteiger partial charge in [-0.3, -0.25) is 4.79 Å². The highest BCUT2D eigenvalue weighted by Gasteiger charge is 2.34. The zero-order valence-electron chi connectivity index (χ0n) is 15.9. The van der Waals surface area contributed by atoms with Gasteiger partial charge >= 0.3 is 0 Å². The van der Waals surface area contributed by atoms with Crippen LogP contribution < -0.4 is 0 Å². The molecule has 0 bridgehead atoms. The predicted octanol–water partition coefficient (Wildman–Crippen LogP) is 5.43. The van der Waals surface area contributed by atoms with Crippen LogP contribution in [0.2, 0.25) is 0 Å². The van der Waals surface area contributed by atoms with E-state index >= 15 is 0 Å². The van der Waals surface area contributed by atoms with Crippen LogP contribution in [0.5, 0.6) is 0 Å². The number of hydrogen-bond donors (Lipinski definition) is 0. The van der Waals surface area contributed by atoms with Gasteiger partial charge in [-0.2, -0.15) is 5.10 Å². The molecule has 3 nitrogen and oxygen atoms in total. The fourth-order valence-corrected chi connectivity index (χ4v) is 3.42. The molecule has 1 heterocycles. The Morgan fingerprint density at radius 1 is 0.929 bits per heavy atom. The maximum atomic E-state index is 14.2. The Bertz CT molecular complexity index is 1040. The van der Waals surface area contributed by atoms with E-state index in [0.29, 0.717) is 6.42 Å². The van der Waals surface area contributed by atoms with Gasteiger partial charge in [0, 0.05) is 6.42 Å². The number of hydrogen-bond acceptors (Lipinski definition) is 2. The molecule has 4 heteroatoms. The van der Waals surface area contributed by atoms with Crippen molar-refractivity contribution in [3.05, 3.63) is 106 Å². The van der Waals surface area contributed by atoms with E-state index in [0.717, 1.165) is 28.0 Å². The molecule has 0 N–H and O–H groups in total. The van der Waals surface area contributed by atoms with E-state index in [1.54, 1.807) is 12.1 Å². The van der Waals surface area contributed by atoms with Gasteiger partial charge in [-0.05, 0) is 37.1 Å². The minimum absolute atomic E-state index is 0.0357. The number of carbonyl (C=O) groups excluding carboxylic acids is 1. The second kappa shape index (κ2) is 7.39. The monoisotopic (exact) mass is 372 g/mol. The summed E-state index contributed by atoms with van der Waals surface area (Å²) in [7, 11) is 0. The second-order valence-electron chi connectivity index (χ2n) is 7.17. The van der Waals surface area contributed by atoms with Crippen LogP contribution in [0.3, 0.4) is 0 Å². The molecule has 4 rings (SSSR count). The van der Waals surface area contributed by atoms with E-state index in [2.05, 4.69) is 5.10 Å². The molecule has 1 aliphatic rings. The van der Waals surface area contributed by atoms with Crippen LogP contribution in [0.4, 0.5) is 4.39 Å². The Hall–Kier alpha value is -3.27. The molecular weight excluding hydrogens is 351 g/mol. The molecule has 0 aliphatic carbocycles. The molecule has 1 amide bonds. The summed E-state index contributed by atoms with van der Waals surface area (Å²) < 4.78 is 14.2. The highest BCUT2D eigenvalue weighted by molar-refractivity contribution is 6.05. The third-order valence-electron chi connectivity index (χ3n) is 5.07. The first kappa shape index (κ1) is 18.1. The van der Waals surface area contributed by atoms with Crippen molar-refractivity contribution in [2.75, 3.05) is 0 Å². The van der Waals surface area contributed by atoms with E-state index in [4.69, 9.17) is 0 Å². The maximum absolute atomic E-state index is 14.2. The standard InChI is InChI=1S/C24H21FN2O/c1-16-7-11-18(12-8-16)22-15-23(19-13-9-17(2)10-14-19)27(26-22)24(28)20-5-3-4-6-21(20)25/h3-14,23H,15H2,1-2H3/t23-/m1/s1. The van der Waals surface area contributed by atoms with Gasteiger partial charge in [0.15, 0.2) is 0 Å². The number of aryl methyl sites for hydroxylation is 2. The summed E-state index contributed by atoms with van der Waals surface area (Å²) in [6, 6.07) is 21.9. The SMILES string of the molecule is Cc1ccc(C2=NN(C(=O)c3ccccc3F)[C@@H](c3ccc(C)cc3)C2)cc1. The topological polar surface area (TPSA) is 32.7 Å². The van der Waals surface area contributed by atoms with Crippen molar-refractivity contribution in [3.8, 4) is 0 Å². The average molecular weight is 372 g/mol. The van der Waals surface area contributed by atoms with Gasteiger partial charge < -0.3 is 0 Å². The van der Waals surface area contributed by atoms with Crippen molar-refractivity contribution in [1.29, 1.82) is 0 Å². The summed E-state index contributed by atoms with van der Waals surface area (Å²) in [6.45, 7) is 4.05. The molecular formula is C24H21FN2O. The number of rotatable bonds is 3. The molecule has 0 saturated heterocycles. The number of benzene rings is 3. The van der Waals surface area contributed by atoms with Crippen molar-refractivity contribution in [2.24, 2.45) is 5.10 Å². The quantitative estimate of drug-likeness (QED) is 0.603. The van der Waals surface area contributed by atoms with Crippen molar-refractivity contribution in [3.63, 3.8) is 0 Å². The number of carbonyl (C=O) groups is 1. The Balaban J connectivity index is 1.75. The lowest BCUT2D eigenvalue weighted by Gasteiger charge is -2.22. The summed E-state index contributed by atoms with van der Waals surface area (Å²) >= 11 is 0. The molecule has 1 atom stereocenters. The van der Waals surface area contributed by atoms with E-state index in [1.165, 1.54) is 17.1 Å². The predicted molar refractivity (Wildman–Crippen MR) is 109 cm³/mol. The first-order valence-electron chi connectivity index (χ1n) is 9.32. The lowest BCUT2D eigenvalue weighted by atomic mass is 9.97. The fraction of sp³-hybridized carbons (Fsp3) is 0.167. The summed E-state index contributed by atoms with van der Waals surface area (Å²) in [6.07, 6.45) is 0.590. The van der Waals surface area contributed by atoms with Gasteiger partial charge in [0.05, 0.1) is 17.3 Å². The minimum atomic E-state index is -0.533. The van der Waals surface area contributed by atoms with E-state index in [1.807, 2.05) is 62.4 Å². The number of amides is 1. The van der Waals surface area contributed by atoms with Crippen LogP contribution in [0.1, 0.15) is 45.1 Å². The van der Waals surface area contributed by atoms with Gasteiger partial charge in [-0.15, -0.1) is 0 Å². The van der Waals surface area contributed by atoms with E-state index in [-0.39, 0.29) is 11.6 Å². The van der Waals surface area contributed by atoms with Gasteiger partial charge in [-0.25, -0.2) is 9.40 Å². The zero-order valence-corrected chi connectivity index (χ0v) is 15.9. The summed E-state index contributed by atoms with van der Waals surface area (Å²) in [5.41, 5.74) is 5.14. The number of hydrazone groups is 1. The fourth-order valence-electron chi connectivity index (χ4n) is 3.42. The smallest absolute Gasteiger partial charge is 0.267 e. The third kappa shape index (κ3) is 3.46. The molecule has 0 aromatic heterocycles. The normalized spacial score (nSPS) is 16.2. The number of nitrogens with zero attached hydrogens (tertiary/aromatic N) is 2. The van der Waals surface area contributed by atoms with Crippen molar-refractivity contribution in [1.82, 2.24) is 5.01 Å². The van der Waals surface area contributed by atoms with E-state index in [9.17, 15) is 9.18 Å². The minimum Gasteiger partial charge on any atom is -0.267 e. The molecule has 28 heavy (non-hydrogen) atoms. The zero-order chi connectivity index (χ0) is 19.7. The highest BCUT2D eigenvalue weighted by atomic mass is 19.1. The van der Waals surface area contributed by atoms with Crippen LogP contribution in [0.15, 0.2) is 77.9 Å². The van der Waals surface area contributed by atoms with Gasteiger partial charge in [0.25, 0.3) is 5.91 Å². The first-order chi connectivity index (χ1) is 13.5. The largest absolute Gasteiger partial charge is 0.277 e. The maximum Gasteiger partial charge on any atom is 0.277 e. The molecule has 3 aromatic carbocycles. The molecule has 0 spiro atoms. The van der Waals surface area contributed by atoms with Gasteiger partial charge in [0.1, 0.15) is 5.82 Å². The molecule has 3 aromatic rings. The Morgan fingerprint density at radius 3 is 2.18 bits per heavy atom. The van der Waals surface area contributed by atoms with Crippen LogP contribution in [-0.2, 0) is 0 Å². The van der Waals surface area contributed by atoms with Crippen LogP contribution in [0, 0.1) is 19.7 Å². The third-order valence-corrected chi connectivity index (χ3v) is 5.07. The second-order valence-corrected chi connectivity index (χ2v) is 7.17. The summed E-state index contributed by atoms with van der Waals surface area (Å²) in [5.74, 6) is -0.958. The average Bonchev–Trinajstić information content (AvgIpc) is 3.14. The Kier molecular flexibility index (Phi) is 4.78. The molecule has 0 unspecified atom stereocenters. The molecule has 0 saturated carbocycles. The van der Waals surface area contributed by atoms with Crippen molar-refractivity contribution < 1.29 is 9.18 Å². The van der Waals surface area contributed by atoms with E-state index < -0.39 is 11.7 Å². The Labute approximate surface area is 164 Å². The van der Waals surface area contributed by atoms with Crippen LogP contribution in [0.25, 0.3) is 0 Å². The Morgan fingerprint density at radius 2 is 1.54 bits per heavy atom. The highest BCUT2D eigenvalue weighted by Crippen LogP contribution is 2.34. The van der Waals surface area contributed by atoms with Gasteiger partial charge in [0.2, 0.25) is 0 Å². The molecule has 0 fully saturated rings. The molecule has 1 aliphatic heterocycles.